The molecule has 24 rings (SSSR count). The first-order valence-electron chi connectivity index (χ1n) is 38.6. The zero-order chi connectivity index (χ0) is 74.9. The first-order valence-corrected chi connectivity index (χ1v) is 38.6. The van der Waals surface area contributed by atoms with Crippen LogP contribution in [0.2, 0.25) is 0 Å². The van der Waals surface area contributed by atoms with Gasteiger partial charge < -0.3 is 0 Å². The number of nitrogens with zero attached hydrogens (tertiary/aromatic N) is 8. The number of pyridine rings is 8. The van der Waals surface area contributed by atoms with Crippen molar-refractivity contribution in [1.29, 1.82) is 0 Å². The van der Waals surface area contributed by atoms with E-state index in [1.807, 2.05) is 24.5 Å². The van der Waals surface area contributed by atoms with Crippen molar-refractivity contribution in [2.75, 3.05) is 0 Å². The Kier molecular flexibility index (Phi) is 14.8. The number of benzene rings is 16. The van der Waals surface area contributed by atoms with E-state index in [4.69, 9.17) is 29.9 Å². The predicted molar refractivity (Wildman–Crippen MR) is 475 cm³/mol. The fourth-order valence-electron chi connectivity index (χ4n) is 17.3. The highest BCUT2D eigenvalue weighted by molar-refractivity contribution is 6.27. The number of fused-ring (bicyclic) bond motifs is 16. The second kappa shape index (κ2) is 26.2. The summed E-state index contributed by atoms with van der Waals surface area (Å²) in [6.07, 6.45) is 3.66. The summed E-state index contributed by atoms with van der Waals surface area (Å²) in [5, 5.41) is 24.1. The van der Waals surface area contributed by atoms with Crippen LogP contribution in [-0.4, -0.2) is 39.9 Å². The Morgan fingerprint density at radius 2 is 0.474 bits per heavy atom. The third-order valence-electron chi connectivity index (χ3n) is 23.1. The fourth-order valence-corrected chi connectivity index (χ4v) is 17.3. The lowest BCUT2D eigenvalue weighted by Crippen LogP contribution is -1.90. The molecule has 0 amide bonds. The van der Waals surface area contributed by atoms with Crippen LogP contribution in [0.1, 0.15) is 0 Å². The molecule has 0 unspecified atom stereocenters. The predicted octanol–water partition coefficient (Wildman–Crippen LogP) is 27.5. The summed E-state index contributed by atoms with van der Waals surface area (Å²) in [7, 11) is 0. The molecule has 0 saturated carbocycles. The SMILES string of the molecule is c1cnc2c(c1)ccc1ccc(-c3ccc(-c4ccc5ccc(-c6ccc7nc(-c8ccc9c%10ccccc%10c%10ccccc%10c9c8)ccc7c6)cc5n4)cc3)nc12.c1cnc2c(c1)ccc1ccc(-c3ccc(-c4ccc5ccc(-c6ccc7nc(-c8ccc9ccc%10cccc%11ccc8c9c%10%11)ccc7c6)cc5n4)cc3)nc12. The summed E-state index contributed by atoms with van der Waals surface area (Å²) in [5.74, 6) is 0. The van der Waals surface area contributed by atoms with E-state index in [0.29, 0.717) is 0 Å². The van der Waals surface area contributed by atoms with Gasteiger partial charge in [0.15, 0.2) is 0 Å². The van der Waals surface area contributed by atoms with Crippen molar-refractivity contribution < 1.29 is 0 Å². The van der Waals surface area contributed by atoms with E-state index in [0.717, 1.165) is 177 Å². The van der Waals surface area contributed by atoms with Crippen molar-refractivity contribution in [3.05, 3.63) is 376 Å². The Morgan fingerprint density at radius 3 is 0.991 bits per heavy atom. The largest absolute Gasteiger partial charge is 0.254 e. The molecule has 0 aliphatic carbocycles. The lowest BCUT2D eigenvalue weighted by molar-refractivity contribution is 1.36. The molecular weight excluding hydrogens is 1390 g/mol. The summed E-state index contributed by atoms with van der Waals surface area (Å²) in [6.45, 7) is 0. The molecule has 0 aliphatic heterocycles. The summed E-state index contributed by atoms with van der Waals surface area (Å²) < 4.78 is 0. The van der Waals surface area contributed by atoms with Crippen LogP contribution in [-0.2, 0) is 0 Å². The van der Waals surface area contributed by atoms with Gasteiger partial charge in [-0.25, -0.2) is 29.9 Å². The van der Waals surface area contributed by atoms with Gasteiger partial charge in [0, 0.05) is 88.9 Å². The second-order valence-corrected chi connectivity index (χ2v) is 29.7. The first-order chi connectivity index (χ1) is 56.4. The smallest absolute Gasteiger partial charge is 0.0972 e. The molecule has 526 valence electrons. The molecule has 0 aliphatic rings. The molecule has 24 aromatic rings. The number of hydrogen-bond acceptors (Lipinski definition) is 8. The third kappa shape index (κ3) is 11.1. The minimum atomic E-state index is 0.919. The van der Waals surface area contributed by atoms with Crippen molar-refractivity contribution in [1.82, 2.24) is 39.9 Å². The van der Waals surface area contributed by atoms with E-state index < -0.39 is 0 Å². The molecular formula is C106H62N8. The van der Waals surface area contributed by atoms with Crippen LogP contribution in [0.15, 0.2) is 376 Å². The molecule has 8 nitrogen and oxygen atoms in total. The Morgan fingerprint density at radius 1 is 0.149 bits per heavy atom. The van der Waals surface area contributed by atoms with Gasteiger partial charge in [-0.3, -0.25) is 9.97 Å². The van der Waals surface area contributed by atoms with Gasteiger partial charge in [0.2, 0.25) is 0 Å². The van der Waals surface area contributed by atoms with Gasteiger partial charge in [0.05, 0.1) is 78.3 Å². The van der Waals surface area contributed by atoms with E-state index >= 15 is 0 Å². The maximum atomic E-state index is 5.19. The minimum Gasteiger partial charge on any atom is -0.254 e. The van der Waals surface area contributed by atoms with Crippen LogP contribution < -0.4 is 0 Å². The van der Waals surface area contributed by atoms with Gasteiger partial charge >= 0.3 is 0 Å². The van der Waals surface area contributed by atoms with Gasteiger partial charge in [0.1, 0.15) is 0 Å². The van der Waals surface area contributed by atoms with Crippen molar-refractivity contribution in [2.24, 2.45) is 0 Å². The highest BCUT2D eigenvalue weighted by atomic mass is 14.8. The highest BCUT2D eigenvalue weighted by Gasteiger charge is 2.18. The van der Waals surface area contributed by atoms with Crippen molar-refractivity contribution >= 4 is 152 Å². The molecule has 8 aromatic heterocycles. The summed E-state index contributed by atoms with van der Waals surface area (Å²) in [6, 6.07) is 129. The molecule has 0 radical (unpaired) electrons. The van der Waals surface area contributed by atoms with E-state index in [-0.39, 0.29) is 0 Å². The second-order valence-electron chi connectivity index (χ2n) is 29.7. The molecule has 0 atom stereocenters. The standard InChI is InChI=1S/C54H32N4.C52H30N4/c1-2-9-44-42(7-1)43-8-3-4-10-45(43)47-31-41(19-24-46(44)47)51-28-23-40-30-38(22-27-50(40)56-51)39-18-15-35-20-25-48(57-52(35)32-39)33-11-13-34(14-12-33)49-26-21-37-17-16-36-6-5-29-55-53(36)54(37)58-49;1-3-34-11-12-36-16-22-42(43-23-17-35(4-1)49(34)50(36)43)47-27-21-41-29-39(20-26-46(41)54-47)40-15-10-33-18-24-44(55-48(33)30-40)31-6-8-32(9-7-31)45-25-19-38-14-13-37-5-2-28-53-51(37)52(38)56-45/h1-32H;1-30H. The molecule has 0 saturated heterocycles. The Bertz CT molecular complexity index is 8070. The number of rotatable bonds is 8. The minimum absolute atomic E-state index is 0.919. The Hall–Kier alpha value is -15.4. The molecule has 8 heterocycles. The van der Waals surface area contributed by atoms with Crippen LogP contribution in [0.25, 0.3) is 242 Å². The van der Waals surface area contributed by atoms with Crippen LogP contribution in [0.3, 0.4) is 0 Å². The lowest BCUT2D eigenvalue weighted by atomic mass is 9.91. The van der Waals surface area contributed by atoms with E-state index in [1.54, 1.807) is 0 Å². The van der Waals surface area contributed by atoms with E-state index in [9.17, 15) is 0 Å². The van der Waals surface area contributed by atoms with E-state index in [2.05, 4.69) is 362 Å². The summed E-state index contributed by atoms with van der Waals surface area (Å²) in [4.78, 5) is 39.9. The van der Waals surface area contributed by atoms with Gasteiger partial charge in [-0.1, -0.05) is 273 Å². The number of hydrogen-bond donors (Lipinski definition) is 0. The average Bonchev–Trinajstić information content (AvgIpc) is 0.735. The third-order valence-corrected chi connectivity index (χ3v) is 23.1. The van der Waals surface area contributed by atoms with Crippen molar-refractivity contribution in [3.8, 4) is 89.8 Å². The maximum absolute atomic E-state index is 5.19. The zero-order valence-corrected chi connectivity index (χ0v) is 61.4. The monoisotopic (exact) mass is 1450 g/mol. The Balaban J connectivity index is 0.000000135. The quantitative estimate of drug-likeness (QED) is 0.139. The van der Waals surface area contributed by atoms with Crippen LogP contribution in [0.5, 0.6) is 0 Å². The molecule has 16 aromatic carbocycles. The molecule has 0 bridgehead atoms. The van der Waals surface area contributed by atoms with Gasteiger partial charge in [0.25, 0.3) is 0 Å². The topological polar surface area (TPSA) is 103 Å². The first kappa shape index (κ1) is 64.6. The van der Waals surface area contributed by atoms with Crippen LogP contribution in [0, 0.1) is 0 Å². The van der Waals surface area contributed by atoms with Crippen LogP contribution in [0.4, 0.5) is 0 Å². The number of aromatic nitrogens is 8. The van der Waals surface area contributed by atoms with E-state index in [1.165, 1.54) is 64.6 Å². The van der Waals surface area contributed by atoms with Gasteiger partial charge in [-0.2, -0.15) is 0 Å². The van der Waals surface area contributed by atoms with Gasteiger partial charge in [-0.15, -0.1) is 0 Å². The molecule has 0 fully saturated rings. The average molecular weight is 1450 g/mol. The highest BCUT2D eigenvalue weighted by Crippen LogP contribution is 2.43. The summed E-state index contributed by atoms with van der Waals surface area (Å²) >= 11 is 0. The zero-order valence-electron chi connectivity index (χ0n) is 61.4. The van der Waals surface area contributed by atoms with Crippen molar-refractivity contribution in [3.63, 3.8) is 0 Å². The van der Waals surface area contributed by atoms with Crippen LogP contribution >= 0.6 is 0 Å². The van der Waals surface area contributed by atoms with Gasteiger partial charge in [-0.05, 0) is 178 Å². The molecule has 0 spiro atoms. The maximum Gasteiger partial charge on any atom is 0.0972 e. The fraction of sp³-hybridized carbons (Fsp3) is 0. The molecule has 114 heavy (non-hydrogen) atoms. The normalized spacial score (nSPS) is 11.9. The lowest BCUT2D eigenvalue weighted by Gasteiger charge is -2.14. The molecule has 0 N–H and O–H groups in total. The van der Waals surface area contributed by atoms with Crippen molar-refractivity contribution in [2.45, 2.75) is 0 Å². The molecule has 8 heteroatoms. The summed E-state index contributed by atoms with van der Waals surface area (Å²) in [5.41, 5.74) is 24.2. The Labute approximate surface area is 653 Å².